The van der Waals surface area contributed by atoms with Gasteiger partial charge in [-0.05, 0) is 12.1 Å². The number of benzene rings is 1. The van der Waals surface area contributed by atoms with Crippen molar-refractivity contribution in [2.24, 2.45) is 7.05 Å². The maximum Gasteiger partial charge on any atom is 0.163 e. The van der Waals surface area contributed by atoms with Crippen molar-refractivity contribution in [2.45, 2.75) is 6.54 Å². The van der Waals surface area contributed by atoms with Crippen molar-refractivity contribution in [1.82, 2.24) is 24.6 Å². The van der Waals surface area contributed by atoms with E-state index in [0.29, 0.717) is 17.7 Å². The minimum Gasteiger partial charge on any atom is -0.353 e. The monoisotopic (exact) mass is 351 g/mol. The van der Waals surface area contributed by atoms with Crippen LogP contribution in [0, 0.1) is 17.1 Å². The maximum atomic E-state index is 14.1. The van der Waals surface area contributed by atoms with Crippen LogP contribution in [0.3, 0.4) is 0 Å². The Morgan fingerprint density at radius 3 is 2.73 bits per heavy atom. The normalized spacial score (nSPS) is 15.3. The van der Waals surface area contributed by atoms with Gasteiger partial charge in [0.05, 0.1) is 23.2 Å². The molecule has 8 heteroatoms. The van der Waals surface area contributed by atoms with Gasteiger partial charge in [-0.2, -0.15) is 10.4 Å². The zero-order chi connectivity index (χ0) is 18.1. The zero-order valence-corrected chi connectivity index (χ0v) is 14.4. The van der Waals surface area contributed by atoms with E-state index >= 15 is 0 Å². The Morgan fingerprint density at radius 2 is 2.00 bits per heavy atom. The van der Waals surface area contributed by atoms with Crippen molar-refractivity contribution >= 4 is 16.9 Å². The van der Waals surface area contributed by atoms with Gasteiger partial charge in [-0.1, -0.05) is 6.07 Å². The molecule has 3 aromatic rings. The van der Waals surface area contributed by atoms with Gasteiger partial charge in [0.1, 0.15) is 18.0 Å². The predicted octanol–water partition coefficient (Wildman–Crippen LogP) is 1.70. The van der Waals surface area contributed by atoms with Crippen LogP contribution in [-0.2, 0) is 13.6 Å². The summed E-state index contributed by atoms with van der Waals surface area (Å²) in [7, 11) is 1.86. The van der Waals surface area contributed by atoms with E-state index < -0.39 is 0 Å². The first-order chi connectivity index (χ1) is 12.7. The van der Waals surface area contributed by atoms with Gasteiger partial charge in [0.15, 0.2) is 5.65 Å². The van der Waals surface area contributed by atoms with E-state index in [9.17, 15) is 4.39 Å². The highest BCUT2D eigenvalue weighted by molar-refractivity contribution is 5.86. The molecule has 2 aromatic heterocycles. The molecule has 0 radical (unpaired) electrons. The van der Waals surface area contributed by atoms with Crippen molar-refractivity contribution in [3.8, 4) is 6.07 Å². The van der Waals surface area contributed by atoms with Crippen LogP contribution in [0.1, 0.15) is 11.1 Å². The van der Waals surface area contributed by atoms with Crippen LogP contribution in [0.15, 0.2) is 30.7 Å². The summed E-state index contributed by atoms with van der Waals surface area (Å²) < 4.78 is 15.8. The van der Waals surface area contributed by atoms with Crippen LogP contribution in [0.25, 0.3) is 11.0 Å². The Balaban J connectivity index is 1.45. The van der Waals surface area contributed by atoms with Gasteiger partial charge in [0, 0.05) is 45.3 Å². The molecule has 1 fully saturated rings. The maximum absolute atomic E-state index is 14.1. The summed E-state index contributed by atoms with van der Waals surface area (Å²) in [5, 5.41) is 14.0. The quantitative estimate of drug-likeness (QED) is 0.715. The molecule has 4 rings (SSSR count). The Labute approximate surface area is 150 Å². The Kier molecular flexibility index (Phi) is 4.22. The summed E-state index contributed by atoms with van der Waals surface area (Å²) in [6.45, 7) is 3.77. The summed E-state index contributed by atoms with van der Waals surface area (Å²) in [4.78, 5) is 13.1. The molecule has 1 aliphatic rings. The summed E-state index contributed by atoms with van der Waals surface area (Å²) in [6, 6.07) is 6.62. The molecule has 7 nitrogen and oxygen atoms in total. The van der Waals surface area contributed by atoms with Gasteiger partial charge in [0.2, 0.25) is 0 Å². The number of hydrogen-bond acceptors (Lipinski definition) is 6. The molecule has 0 atom stereocenters. The number of rotatable bonds is 3. The molecule has 0 N–H and O–H groups in total. The van der Waals surface area contributed by atoms with E-state index in [1.54, 1.807) is 29.3 Å². The lowest BCUT2D eigenvalue weighted by atomic mass is 10.1. The number of aryl methyl sites for hydroxylation is 1. The third kappa shape index (κ3) is 2.97. The molecule has 0 unspecified atom stereocenters. The highest BCUT2D eigenvalue weighted by Gasteiger charge is 2.21. The third-order valence-electron chi connectivity index (χ3n) is 4.76. The third-order valence-corrected chi connectivity index (χ3v) is 4.76. The number of hydrogen-bond donors (Lipinski definition) is 0. The van der Waals surface area contributed by atoms with Gasteiger partial charge in [-0.3, -0.25) is 9.58 Å². The van der Waals surface area contributed by atoms with Gasteiger partial charge in [-0.15, -0.1) is 0 Å². The fourth-order valence-electron chi connectivity index (χ4n) is 3.31. The molecule has 0 spiro atoms. The van der Waals surface area contributed by atoms with E-state index in [0.717, 1.165) is 43.0 Å². The molecule has 3 heterocycles. The molecule has 0 aliphatic carbocycles. The molecular weight excluding hydrogens is 333 g/mol. The van der Waals surface area contributed by atoms with E-state index in [1.165, 1.54) is 6.07 Å². The summed E-state index contributed by atoms with van der Waals surface area (Å²) in [5.74, 6) is 0.576. The van der Waals surface area contributed by atoms with Gasteiger partial charge >= 0.3 is 0 Å². The standard InChI is InChI=1S/C18H18FN7/c1-24-17-15(10-23-24)18(22-12-21-17)26-6-4-25(5-7-26)11-14-3-2-13(9-20)8-16(14)19/h2-3,8,10,12H,4-7,11H2,1H3. The summed E-state index contributed by atoms with van der Waals surface area (Å²) in [6.07, 6.45) is 3.36. The Bertz CT molecular complexity index is 983. The SMILES string of the molecule is Cn1ncc2c(N3CCN(Cc4ccc(C#N)cc4F)CC3)ncnc21. The number of aromatic nitrogens is 4. The number of fused-ring (bicyclic) bond motifs is 1. The highest BCUT2D eigenvalue weighted by Crippen LogP contribution is 2.23. The van der Waals surface area contributed by atoms with E-state index in [1.807, 2.05) is 13.1 Å². The number of anilines is 1. The second-order valence-electron chi connectivity index (χ2n) is 6.38. The molecular formula is C18H18FN7. The van der Waals surface area contributed by atoms with E-state index in [4.69, 9.17) is 5.26 Å². The molecule has 1 aromatic carbocycles. The molecule has 1 aliphatic heterocycles. The minimum absolute atomic E-state index is 0.320. The molecule has 0 bridgehead atoms. The van der Waals surface area contributed by atoms with E-state index in [-0.39, 0.29) is 5.82 Å². The smallest absolute Gasteiger partial charge is 0.163 e. The average Bonchev–Trinajstić information content (AvgIpc) is 3.05. The number of nitriles is 1. The fourth-order valence-corrected chi connectivity index (χ4v) is 3.31. The minimum atomic E-state index is -0.320. The van der Waals surface area contributed by atoms with Crippen molar-refractivity contribution in [3.05, 3.63) is 47.7 Å². The lowest BCUT2D eigenvalue weighted by Crippen LogP contribution is -2.46. The summed E-state index contributed by atoms with van der Waals surface area (Å²) >= 11 is 0. The predicted molar refractivity (Wildman–Crippen MR) is 94.9 cm³/mol. The van der Waals surface area contributed by atoms with Crippen LogP contribution < -0.4 is 4.90 Å². The van der Waals surface area contributed by atoms with Crippen LogP contribution in [0.5, 0.6) is 0 Å². The molecule has 1 saturated heterocycles. The van der Waals surface area contributed by atoms with Crippen LogP contribution >= 0.6 is 0 Å². The van der Waals surface area contributed by atoms with Gasteiger partial charge < -0.3 is 4.90 Å². The second-order valence-corrected chi connectivity index (χ2v) is 6.38. The Morgan fingerprint density at radius 1 is 1.19 bits per heavy atom. The van der Waals surface area contributed by atoms with Crippen molar-refractivity contribution in [1.29, 1.82) is 5.26 Å². The van der Waals surface area contributed by atoms with E-state index in [2.05, 4.69) is 24.9 Å². The first-order valence-electron chi connectivity index (χ1n) is 8.44. The van der Waals surface area contributed by atoms with Crippen LogP contribution in [0.4, 0.5) is 10.2 Å². The molecule has 132 valence electrons. The number of halogens is 1. The molecule has 0 saturated carbocycles. The number of nitrogens with zero attached hydrogens (tertiary/aromatic N) is 7. The van der Waals surface area contributed by atoms with Crippen molar-refractivity contribution in [2.75, 3.05) is 31.1 Å². The van der Waals surface area contributed by atoms with Gasteiger partial charge in [-0.25, -0.2) is 14.4 Å². The molecule has 26 heavy (non-hydrogen) atoms. The summed E-state index contributed by atoms with van der Waals surface area (Å²) in [5.41, 5.74) is 1.78. The second kappa shape index (κ2) is 6.69. The fraction of sp³-hybridized carbons (Fsp3) is 0.333. The first-order valence-corrected chi connectivity index (χ1v) is 8.44. The average molecular weight is 351 g/mol. The number of piperazine rings is 1. The zero-order valence-electron chi connectivity index (χ0n) is 14.4. The highest BCUT2D eigenvalue weighted by atomic mass is 19.1. The Hall–Kier alpha value is -3.05. The lowest BCUT2D eigenvalue weighted by molar-refractivity contribution is 0.246. The molecule has 0 amide bonds. The first kappa shape index (κ1) is 16.4. The van der Waals surface area contributed by atoms with Gasteiger partial charge in [0.25, 0.3) is 0 Å². The lowest BCUT2D eigenvalue weighted by Gasteiger charge is -2.35. The van der Waals surface area contributed by atoms with Crippen LogP contribution in [0.2, 0.25) is 0 Å². The topological polar surface area (TPSA) is 73.9 Å². The van der Waals surface area contributed by atoms with Crippen molar-refractivity contribution in [3.63, 3.8) is 0 Å². The van der Waals surface area contributed by atoms with Crippen LogP contribution in [-0.4, -0.2) is 50.8 Å². The largest absolute Gasteiger partial charge is 0.353 e. The van der Waals surface area contributed by atoms with Crippen molar-refractivity contribution < 1.29 is 4.39 Å².